The average Bonchev–Trinajstić information content (AvgIpc) is 2.72. The Morgan fingerprint density at radius 2 is 2.35 bits per heavy atom. The minimum Gasteiger partial charge on any atom is -0.369 e. The average molecular weight is 253 g/mol. The Balaban J connectivity index is 1.98. The molecule has 1 atom stereocenters. The Hall–Kier alpha value is -1.06. The standard InChI is InChI=1S/C13H17ClN2O/c1-9-2-3-10(6-12(9)14)7-16-5-4-11(8-16)13(15)17/h2-3,6,11H,4-5,7-8H2,1H3,(H2,15,17). The summed E-state index contributed by atoms with van der Waals surface area (Å²) in [7, 11) is 0. The number of amides is 1. The molecule has 4 heteroatoms. The molecule has 0 aromatic heterocycles. The largest absolute Gasteiger partial charge is 0.369 e. The van der Waals surface area contributed by atoms with Gasteiger partial charge in [0, 0.05) is 18.1 Å². The third-order valence-electron chi connectivity index (χ3n) is 3.32. The molecule has 0 aliphatic carbocycles. The quantitative estimate of drug-likeness (QED) is 0.894. The highest BCUT2D eigenvalue weighted by Gasteiger charge is 2.26. The smallest absolute Gasteiger partial charge is 0.221 e. The van der Waals surface area contributed by atoms with Crippen LogP contribution in [0.3, 0.4) is 0 Å². The van der Waals surface area contributed by atoms with E-state index < -0.39 is 0 Å². The fourth-order valence-electron chi connectivity index (χ4n) is 2.20. The third-order valence-corrected chi connectivity index (χ3v) is 3.72. The highest BCUT2D eigenvalue weighted by molar-refractivity contribution is 6.31. The van der Waals surface area contributed by atoms with Crippen LogP contribution in [0.2, 0.25) is 5.02 Å². The van der Waals surface area contributed by atoms with E-state index in [4.69, 9.17) is 17.3 Å². The molecule has 2 rings (SSSR count). The summed E-state index contributed by atoms with van der Waals surface area (Å²) in [6.07, 6.45) is 0.870. The molecule has 0 radical (unpaired) electrons. The molecule has 1 aliphatic heterocycles. The maximum atomic E-state index is 11.1. The number of hydrogen-bond acceptors (Lipinski definition) is 2. The summed E-state index contributed by atoms with van der Waals surface area (Å²) in [6.45, 7) is 4.52. The van der Waals surface area contributed by atoms with Crippen molar-refractivity contribution < 1.29 is 4.79 Å². The van der Waals surface area contributed by atoms with E-state index in [2.05, 4.69) is 11.0 Å². The first-order chi connectivity index (χ1) is 8.06. The van der Waals surface area contributed by atoms with Gasteiger partial charge in [-0.05, 0) is 37.1 Å². The number of carbonyl (C=O) groups excluding carboxylic acids is 1. The summed E-state index contributed by atoms with van der Waals surface area (Å²) < 4.78 is 0. The lowest BCUT2D eigenvalue weighted by molar-refractivity contribution is -0.121. The van der Waals surface area contributed by atoms with E-state index in [1.54, 1.807) is 0 Å². The van der Waals surface area contributed by atoms with E-state index in [0.717, 1.165) is 36.6 Å². The summed E-state index contributed by atoms with van der Waals surface area (Å²) in [5, 5.41) is 0.799. The molecule has 1 fully saturated rings. The number of benzene rings is 1. The van der Waals surface area contributed by atoms with Crippen molar-refractivity contribution in [2.24, 2.45) is 11.7 Å². The normalized spacial score (nSPS) is 20.7. The van der Waals surface area contributed by atoms with Gasteiger partial charge in [0.25, 0.3) is 0 Å². The molecule has 1 heterocycles. The molecule has 2 N–H and O–H groups in total. The van der Waals surface area contributed by atoms with Crippen LogP contribution in [-0.2, 0) is 11.3 Å². The fourth-order valence-corrected chi connectivity index (χ4v) is 2.40. The highest BCUT2D eigenvalue weighted by atomic mass is 35.5. The lowest BCUT2D eigenvalue weighted by atomic mass is 10.1. The maximum Gasteiger partial charge on any atom is 0.221 e. The molecule has 0 spiro atoms. The number of rotatable bonds is 3. The van der Waals surface area contributed by atoms with Crippen LogP contribution in [0.25, 0.3) is 0 Å². The molecular formula is C13H17ClN2O. The van der Waals surface area contributed by atoms with Gasteiger partial charge >= 0.3 is 0 Å². The lowest BCUT2D eigenvalue weighted by Gasteiger charge is -2.15. The number of nitrogens with zero attached hydrogens (tertiary/aromatic N) is 1. The van der Waals surface area contributed by atoms with Crippen molar-refractivity contribution in [3.05, 3.63) is 34.3 Å². The topological polar surface area (TPSA) is 46.3 Å². The van der Waals surface area contributed by atoms with Crippen LogP contribution in [0.5, 0.6) is 0 Å². The Kier molecular flexibility index (Phi) is 3.69. The number of likely N-dealkylation sites (tertiary alicyclic amines) is 1. The van der Waals surface area contributed by atoms with Gasteiger partial charge in [-0.1, -0.05) is 23.7 Å². The van der Waals surface area contributed by atoms with Crippen LogP contribution < -0.4 is 5.73 Å². The molecule has 17 heavy (non-hydrogen) atoms. The minimum absolute atomic E-state index is 0.0101. The van der Waals surface area contributed by atoms with E-state index in [0.29, 0.717) is 0 Å². The zero-order chi connectivity index (χ0) is 12.4. The predicted molar refractivity (Wildman–Crippen MR) is 68.8 cm³/mol. The summed E-state index contributed by atoms with van der Waals surface area (Å²) in [4.78, 5) is 13.3. The number of nitrogens with two attached hydrogens (primary N) is 1. The first-order valence-electron chi connectivity index (χ1n) is 5.83. The zero-order valence-corrected chi connectivity index (χ0v) is 10.7. The second kappa shape index (κ2) is 5.07. The molecular weight excluding hydrogens is 236 g/mol. The van der Waals surface area contributed by atoms with E-state index in [1.165, 1.54) is 5.56 Å². The number of carbonyl (C=O) groups is 1. The maximum absolute atomic E-state index is 11.1. The number of hydrogen-bond donors (Lipinski definition) is 1. The van der Waals surface area contributed by atoms with Crippen LogP contribution in [-0.4, -0.2) is 23.9 Å². The molecule has 1 aromatic carbocycles. The fraction of sp³-hybridized carbons (Fsp3) is 0.462. The molecule has 92 valence electrons. The molecule has 1 saturated heterocycles. The van der Waals surface area contributed by atoms with E-state index >= 15 is 0 Å². The second-order valence-electron chi connectivity index (χ2n) is 4.71. The van der Waals surface area contributed by atoms with Crippen LogP contribution in [0.4, 0.5) is 0 Å². The molecule has 0 bridgehead atoms. The van der Waals surface area contributed by atoms with Crippen LogP contribution in [0.1, 0.15) is 17.5 Å². The van der Waals surface area contributed by atoms with Crippen LogP contribution in [0.15, 0.2) is 18.2 Å². The van der Waals surface area contributed by atoms with Crippen molar-refractivity contribution in [2.75, 3.05) is 13.1 Å². The summed E-state index contributed by atoms with van der Waals surface area (Å²) in [5.74, 6) is -0.176. The van der Waals surface area contributed by atoms with E-state index in [1.807, 2.05) is 19.1 Å². The van der Waals surface area contributed by atoms with Gasteiger partial charge in [-0.3, -0.25) is 9.69 Å². The van der Waals surface area contributed by atoms with Crippen molar-refractivity contribution in [2.45, 2.75) is 19.9 Å². The molecule has 1 unspecified atom stereocenters. The minimum atomic E-state index is -0.186. The van der Waals surface area contributed by atoms with Gasteiger partial charge in [-0.2, -0.15) is 0 Å². The summed E-state index contributed by atoms with van der Waals surface area (Å²) in [6, 6.07) is 6.10. The molecule has 1 amide bonds. The van der Waals surface area contributed by atoms with Crippen molar-refractivity contribution in [1.29, 1.82) is 0 Å². The predicted octanol–water partition coefficient (Wildman–Crippen LogP) is 1.96. The SMILES string of the molecule is Cc1ccc(CN2CCC(C(N)=O)C2)cc1Cl. The van der Waals surface area contributed by atoms with Gasteiger partial charge in [-0.15, -0.1) is 0 Å². The van der Waals surface area contributed by atoms with Gasteiger partial charge in [-0.25, -0.2) is 0 Å². The van der Waals surface area contributed by atoms with Crippen molar-refractivity contribution in [3.63, 3.8) is 0 Å². The molecule has 0 saturated carbocycles. The van der Waals surface area contributed by atoms with E-state index in [9.17, 15) is 4.79 Å². The highest BCUT2D eigenvalue weighted by Crippen LogP contribution is 2.21. The van der Waals surface area contributed by atoms with Crippen molar-refractivity contribution in [3.8, 4) is 0 Å². The van der Waals surface area contributed by atoms with Gasteiger partial charge < -0.3 is 5.73 Å². The lowest BCUT2D eigenvalue weighted by Crippen LogP contribution is -2.27. The molecule has 3 nitrogen and oxygen atoms in total. The number of primary amides is 1. The summed E-state index contributed by atoms with van der Waals surface area (Å²) >= 11 is 6.09. The molecule has 1 aromatic rings. The monoisotopic (exact) mass is 252 g/mol. The first kappa shape index (κ1) is 12.4. The zero-order valence-electron chi connectivity index (χ0n) is 9.95. The van der Waals surface area contributed by atoms with Gasteiger partial charge in [0.05, 0.1) is 5.92 Å². The Morgan fingerprint density at radius 1 is 1.59 bits per heavy atom. The number of aryl methyl sites for hydroxylation is 1. The van der Waals surface area contributed by atoms with Crippen molar-refractivity contribution >= 4 is 17.5 Å². The first-order valence-corrected chi connectivity index (χ1v) is 6.21. The van der Waals surface area contributed by atoms with Crippen molar-refractivity contribution in [1.82, 2.24) is 4.90 Å². The van der Waals surface area contributed by atoms with Crippen LogP contribution >= 0.6 is 11.6 Å². The Bertz CT molecular complexity index is 433. The van der Waals surface area contributed by atoms with Gasteiger partial charge in [0.2, 0.25) is 5.91 Å². The number of halogens is 1. The molecule has 1 aliphatic rings. The summed E-state index contributed by atoms with van der Waals surface area (Å²) in [5.41, 5.74) is 7.59. The van der Waals surface area contributed by atoms with E-state index in [-0.39, 0.29) is 11.8 Å². The Morgan fingerprint density at radius 3 is 2.94 bits per heavy atom. The van der Waals surface area contributed by atoms with Gasteiger partial charge in [0.15, 0.2) is 0 Å². The van der Waals surface area contributed by atoms with Crippen LogP contribution in [0, 0.1) is 12.8 Å². The van der Waals surface area contributed by atoms with Gasteiger partial charge in [0.1, 0.15) is 0 Å². The third kappa shape index (κ3) is 2.99. The second-order valence-corrected chi connectivity index (χ2v) is 5.11. The Labute approximate surface area is 107 Å².